The van der Waals surface area contributed by atoms with Gasteiger partial charge in [-0.1, -0.05) is 0 Å². The summed E-state index contributed by atoms with van der Waals surface area (Å²) in [6, 6.07) is 0. The number of aryl methyl sites for hydroxylation is 4. The average Bonchev–Trinajstić information content (AvgIpc) is 3.04. The van der Waals surface area contributed by atoms with E-state index in [-0.39, 0.29) is 0 Å². The van der Waals surface area contributed by atoms with E-state index in [0.717, 1.165) is 40.2 Å². The van der Waals surface area contributed by atoms with Gasteiger partial charge in [0.15, 0.2) is 5.82 Å². The second kappa shape index (κ2) is 7.20. The monoisotopic (exact) mass is 339 g/mol. The van der Waals surface area contributed by atoms with Gasteiger partial charge < -0.3 is 10.6 Å². The van der Waals surface area contributed by atoms with Gasteiger partial charge in [-0.25, -0.2) is 15.0 Å². The van der Waals surface area contributed by atoms with Crippen LogP contribution in [0.3, 0.4) is 0 Å². The molecule has 0 aromatic carbocycles. The van der Waals surface area contributed by atoms with Crippen molar-refractivity contribution in [1.82, 2.24) is 35.1 Å². The first-order chi connectivity index (χ1) is 12.0. The van der Waals surface area contributed by atoms with Crippen molar-refractivity contribution in [2.45, 2.75) is 40.8 Å². The fourth-order valence-electron chi connectivity index (χ4n) is 2.23. The van der Waals surface area contributed by atoms with Gasteiger partial charge in [-0.05, 0) is 27.7 Å². The zero-order chi connectivity index (χ0) is 17.8. The molecular formula is C16H21N9. The molecule has 3 rings (SSSR count). The third-order valence-corrected chi connectivity index (χ3v) is 3.57. The molecule has 0 unspecified atom stereocenters. The summed E-state index contributed by atoms with van der Waals surface area (Å²) in [7, 11) is 0. The van der Waals surface area contributed by atoms with E-state index in [2.05, 4.69) is 45.8 Å². The molecule has 0 saturated carbocycles. The number of aromatic nitrogens is 7. The summed E-state index contributed by atoms with van der Waals surface area (Å²) < 4.78 is 0. The van der Waals surface area contributed by atoms with Crippen LogP contribution in [-0.2, 0) is 13.1 Å². The molecule has 0 spiro atoms. The standard InChI is InChI=1S/C16H21N9/c1-9-5-17-11(3)15(21-9)19-7-13-23-14(25-24-13)8-20-16-12(4)18-6-10(2)22-16/h5-6H,7-8H2,1-4H3,(H,19,21)(H,20,22)(H,23,24,25). The molecule has 25 heavy (non-hydrogen) atoms. The summed E-state index contributed by atoms with van der Waals surface area (Å²) >= 11 is 0. The number of rotatable bonds is 6. The van der Waals surface area contributed by atoms with Crippen LogP contribution in [0.15, 0.2) is 12.4 Å². The van der Waals surface area contributed by atoms with Crippen LogP contribution < -0.4 is 10.6 Å². The lowest BCUT2D eigenvalue weighted by atomic mass is 10.4. The smallest absolute Gasteiger partial charge is 0.169 e. The summed E-state index contributed by atoms with van der Waals surface area (Å²) in [5.41, 5.74) is 3.42. The zero-order valence-electron chi connectivity index (χ0n) is 14.8. The lowest BCUT2D eigenvalue weighted by Crippen LogP contribution is -2.07. The quantitative estimate of drug-likeness (QED) is 0.623. The molecule has 0 saturated heterocycles. The highest BCUT2D eigenvalue weighted by molar-refractivity contribution is 5.40. The van der Waals surface area contributed by atoms with Crippen LogP contribution in [0.1, 0.15) is 34.4 Å². The Morgan fingerprint density at radius 1 is 0.800 bits per heavy atom. The number of nitrogens with one attached hydrogen (secondary N) is 3. The molecule has 3 aromatic rings. The van der Waals surface area contributed by atoms with Gasteiger partial charge in [0.05, 0.1) is 35.9 Å². The van der Waals surface area contributed by atoms with Gasteiger partial charge in [-0.15, -0.1) is 0 Å². The van der Waals surface area contributed by atoms with Crippen LogP contribution in [0.2, 0.25) is 0 Å². The Morgan fingerprint density at radius 2 is 1.36 bits per heavy atom. The Labute approximate surface area is 145 Å². The molecule has 0 aliphatic heterocycles. The number of aromatic amines is 1. The first-order valence-corrected chi connectivity index (χ1v) is 7.99. The van der Waals surface area contributed by atoms with Crippen molar-refractivity contribution >= 4 is 11.6 Å². The minimum absolute atomic E-state index is 0.471. The molecule has 130 valence electrons. The van der Waals surface area contributed by atoms with E-state index in [1.807, 2.05) is 27.7 Å². The van der Waals surface area contributed by atoms with Crippen LogP contribution in [-0.4, -0.2) is 35.1 Å². The Balaban J connectivity index is 1.59. The summed E-state index contributed by atoms with van der Waals surface area (Å²) in [4.78, 5) is 21.9. The first-order valence-electron chi connectivity index (χ1n) is 7.99. The van der Waals surface area contributed by atoms with Gasteiger partial charge >= 0.3 is 0 Å². The maximum atomic E-state index is 4.46. The average molecular weight is 339 g/mol. The number of hydrogen-bond acceptors (Lipinski definition) is 8. The van der Waals surface area contributed by atoms with Gasteiger partial charge in [0, 0.05) is 12.4 Å². The van der Waals surface area contributed by atoms with Gasteiger partial charge in [0.1, 0.15) is 17.5 Å². The van der Waals surface area contributed by atoms with E-state index in [1.54, 1.807) is 12.4 Å². The second-order valence-corrected chi connectivity index (χ2v) is 5.80. The van der Waals surface area contributed by atoms with E-state index in [9.17, 15) is 0 Å². The minimum atomic E-state index is 0.471. The van der Waals surface area contributed by atoms with Crippen LogP contribution in [0, 0.1) is 27.7 Å². The number of anilines is 2. The number of H-pyrrole nitrogens is 1. The largest absolute Gasteiger partial charge is 0.361 e. The molecular weight excluding hydrogens is 318 g/mol. The molecule has 3 aromatic heterocycles. The summed E-state index contributed by atoms with van der Waals surface area (Å²) in [6.07, 6.45) is 3.49. The fraction of sp³-hybridized carbons (Fsp3) is 0.375. The van der Waals surface area contributed by atoms with Crippen LogP contribution >= 0.6 is 0 Å². The van der Waals surface area contributed by atoms with Gasteiger partial charge in [-0.3, -0.25) is 15.1 Å². The van der Waals surface area contributed by atoms with Crippen LogP contribution in [0.25, 0.3) is 0 Å². The van der Waals surface area contributed by atoms with E-state index >= 15 is 0 Å². The number of nitrogens with zero attached hydrogens (tertiary/aromatic N) is 6. The Hall–Kier alpha value is -3.10. The molecule has 0 amide bonds. The maximum Gasteiger partial charge on any atom is 0.169 e. The van der Waals surface area contributed by atoms with E-state index in [1.165, 1.54) is 0 Å². The molecule has 0 fully saturated rings. The van der Waals surface area contributed by atoms with E-state index in [0.29, 0.717) is 18.9 Å². The Bertz CT molecular complexity index is 802. The van der Waals surface area contributed by atoms with Gasteiger partial charge in [-0.2, -0.15) is 5.10 Å². The Kier molecular flexibility index (Phi) is 4.82. The summed E-state index contributed by atoms with van der Waals surface area (Å²) in [6.45, 7) is 8.60. The third kappa shape index (κ3) is 4.25. The highest BCUT2D eigenvalue weighted by atomic mass is 15.2. The maximum absolute atomic E-state index is 4.46. The topological polar surface area (TPSA) is 117 Å². The minimum Gasteiger partial charge on any atom is -0.361 e. The van der Waals surface area contributed by atoms with Crippen molar-refractivity contribution in [3.05, 3.63) is 46.8 Å². The molecule has 3 N–H and O–H groups in total. The summed E-state index contributed by atoms with van der Waals surface area (Å²) in [5, 5.41) is 13.6. The van der Waals surface area contributed by atoms with Crippen molar-refractivity contribution in [2.24, 2.45) is 0 Å². The Morgan fingerprint density at radius 3 is 1.96 bits per heavy atom. The molecule has 9 nitrogen and oxygen atoms in total. The highest BCUT2D eigenvalue weighted by Crippen LogP contribution is 2.11. The van der Waals surface area contributed by atoms with Gasteiger partial charge in [0.2, 0.25) is 0 Å². The predicted octanol–water partition coefficient (Wildman–Crippen LogP) is 1.84. The van der Waals surface area contributed by atoms with Crippen LogP contribution in [0.5, 0.6) is 0 Å². The lowest BCUT2D eigenvalue weighted by molar-refractivity contribution is 0.927. The van der Waals surface area contributed by atoms with Crippen molar-refractivity contribution < 1.29 is 0 Å². The zero-order valence-corrected chi connectivity index (χ0v) is 14.8. The van der Waals surface area contributed by atoms with Crippen molar-refractivity contribution in [1.29, 1.82) is 0 Å². The normalized spacial score (nSPS) is 10.7. The fourth-order valence-corrected chi connectivity index (χ4v) is 2.23. The molecule has 3 heterocycles. The van der Waals surface area contributed by atoms with E-state index < -0.39 is 0 Å². The molecule has 9 heteroatoms. The SMILES string of the molecule is Cc1cnc(C)c(NCc2n[nH]c(CNc3nc(C)cnc3C)n2)n1. The molecule has 0 atom stereocenters. The van der Waals surface area contributed by atoms with Crippen LogP contribution in [0.4, 0.5) is 11.6 Å². The van der Waals surface area contributed by atoms with Crippen molar-refractivity contribution in [3.63, 3.8) is 0 Å². The molecule has 0 radical (unpaired) electrons. The highest BCUT2D eigenvalue weighted by Gasteiger charge is 2.07. The first kappa shape index (κ1) is 16.7. The predicted molar refractivity (Wildman–Crippen MR) is 94.0 cm³/mol. The third-order valence-electron chi connectivity index (χ3n) is 3.57. The molecule has 0 bridgehead atoms. The molecule has 0 aliphatic carbocycles. The van der Waals surface area contributed by atoms with E-state index in [4.69, 9.17) is 0 Å². The lowest BCUT2D eigenvalue weighted by Gasteiger charge is -2.07. The number of hydrogen-bond donors (Lipinski definition) is 3. The van der Waals surface area contributed by atoms with Crippen molar-refractivity contribution in [2.75, 3.05) is 10.6 Å². The second-order valence-electron chi connectivity index (χ2n) is 5.80. The molecule has 0 aliphatic rings. The summed E-state index contributed by atoms with van der Waals surface area (Å²) in [5.74, 6) is 2.88. The van der Waals surface area contributed by atoms with Crippen molar-refractivity contribution in [3.8, 4) is 0 Å². The van der Waals surface area contributed by atoms with Gasteiger partial charge in [0.25, 0.3) is 0 Å².